The Morgan fingerprint density at radius 3 is 2.32 bits per heavy atom. The van der Waals surface area contributed by atoms with Gasteiger partial charge < -0.3 is 13.6 Å². The lowest BCUT2D eigenvalue weighted by atomic mass is 10.0. The quantitative estimate of drug-likeness (QED) is 0.452. The SMILES string of the molecule is O=P12Oc3cc4cc5ccccc5cc4c(c3O1)O2. The number of hydrogen-bond donors (Lipinski definition) is 0. The maximum atomic E-state index is 12.0. The van der Waals surface area contributed by atoms with Gasteiger partial charge in [-0.2, -0.15) is 4.57 Å². The van der Waals surface area contributed by atoms with E-state index in [2.05, 4.69) is 12.1 Å². The summed E-state index contributed by atoms with van der Waals surface area (Å²) < 4.78 is 27.7. The lowest BCUT2D eigenvalue weighted by Gasteiger charge is -2.12. The van der Waals surface area contributed by atoms with Crippen molar-refractivity contribution in [3.05, 3.63) is 42.5 Å². The maximum absolute atomic E-state index is 12.0. The number of rotatable bonds is 0. The van der Waals surface area contributed by atoms with E-state index in [1.807, 2.05) is 30.3 Å². The third-order valence-corrected chi connectivity index (χ3v) is 4.73. The highest BCUT2D eigenvalue weighted by Gasteiger charge is 2.50. The van der Waals surface area contributed by atoms with Gasteiger partial charge in [0.2, 0.25) is 5.75 Å². The molecule has 0 saturated heterocycles. The van der Waals surface area contributed by atoms with Gasteiger partial charge in [-0.25, -0.2) is 0 Å². The Hall–Kier alpha value is -2.19. The highest BCUT2D eigenvalue weighted by molar-refractivity contribution is 7.50. The van der Waals surface area contributed by atoms with Crippen molar-refractivity contribution >= 4 is 29.4 Å². The first kappa shape index (κ1) is 9.70. The second kappa shape index (κ2) is 2.86. The molecule has 2 heterocycles. The zero-order valence-corrected chi connectivity index (χ0v) is 10.5. The third-order valence-electron chi connectivity index (χ3n) is 3.50. The fraction of sp³-hybridized carbons (Fsp3) is 0. The zero-order valence-electron chi connectivity index (χ0n) is 9.62. The fourth-order valence-electron chi connectivity index (χ4n) is 2.66. The molecule has 2 bridgehead atoms. The number of phosphoric acid groups is 1. The van der Waals surface area contributed by atoms with Crippen LogP contribution in [-0.4, -0.2) is 0 Å². The second-order valence-corrected chi connectivity index (χ2v) is 6.12. The molecule has 4 nitrogen and oxygen atoms in total. The molecule has 0 aromatic heterocycles. The minimum atomic E-state index is -3.41. The normalized spacial score (nSPS) is 22.3. The van der Waals surface area contributed by atoms with E-state index >= 15 is 0 Å². The van der Waals surface area contributed by atoms with Crippen LogP contribution >= 0.6 is 7.82 Å². The average Bonchev–Trinajstić information content (AvgIpc) is 2.90. The maximum Gasteiger partial charge on any atom is 0.647 e. The summed E-state index contributed by atoms with van der Waals surface area (Å²) in [4.78, 5) is 0. The lowest BCUT2D eigenvalue weighted by molar-refractivity contribution is 0.355. The van der Waals surface area contributed by atoms with Gasteiger partial charge in [-0.05, 0) is 34.4 Å². The molecule has 3 aromatic rings. The predicted octanol–water partition coefficient (Wildman–Crippen LogP) is 4.26. The predicted molar refractivity (Wildman–Crippen MR) is 70.9 cm³/mol. The summed E-state index contributed by atoms with van der Waals surface area (Å²) in [5.41, 5.74) is 0. The smallest absolute Gasteiger partial charge is 0.382 e. The minimum absolute atomic E-state index is 0.464. The number of phosphoric ester groups is 1. The van der Waals surface area contributed by atoms with Gasteiger partial charge in [0, 0.05) is 5.39 Å². The van der Waals surface area contributed by atoms with Gasteiger partial charge in [0.15, 0.2) is 11.5 Å². The molecule has 2 aliphatic rings. The fourth-order valence-corrected chi connectivity index (χ4v) is 3.95. The van der Waals surface area contributed by atoms with Gasteiger partial charge in [-0.15, -0.1) is 0 Å². The molecule has 5 rings (SSSR count). The van der Waals surface area contributed by atoms with Gasteiger partial charge in [0.25, 0.3) is 0 Å². The van der Waals surface area contributed by atoms with E-state index in [9.17, 15) is 4.57 Å². The molecule has 19 heavy (non-hydrogen) atoms. The Morgan fingerprint density at radius 1 is 0.789 bits per heavy atom. The Labute approximate surface area is 108 Å². The van der Waals surface area contributed by atoms with Crippen LogP contribution in [0, 0.1) is 0 Å². The van der Waals surface area contributed by atoms with E-state index in [0.29, 0.717) is 17.2 Å². The molecular weight excluding hydrogens is 263 g/mol. The standard InChI is InChI=1S/C14H7O4P/c15-19-16-12-7-10-5-8-3-1-2-4-9(8)6-11(10)13(17-19)14(12)18-19/h1-7H. The van der Waals surface area contributed by atoms with Crippen molar-refractivity contribution in [1.82, 2.24) is 0 Å². The molecule has 0 saturated carbocycles. The third kappa shape index (κ3) is 1.12. The van der Waals surface area contributed by atoms with Crippen LogP contribution in [0.1, 0.15) is 0 Å². The highest BCUT2D eigenvalue weighted by atomic mass is 31.2. The van der Waals surface area contributed by atoms with Crippen LogP contribution < -0.4 is 13.6 Å². The van der Waals surface area contributed by atoms with Crippen LogP contribution in [0.3, 0.4) is 0 Å². The van der Waals surface area contributed by atoms with Crippen molar-refractivity contribution in [2.45, 2.75) is 0 Å². The molecule has 0 N–H and O–H groups in total. The summed E-state index contributed by atoms with van der Waals surface area (Å²) in [6, 6.07) is 14.0. The molecule has 0 spiro atoms. The van der Waals surface area contributed by atoms with Crippen molar-refractivity contribution in [3.8, 4) is 17.2 Å². The Morgan fingerprint density at radius 2 is 1.53 bits per heavy atom. The Bertz CT molecular complexity index is 926. The molecule has 5 heteroatoms. The molecule has 1 atom stereocenters. The van der Waals surface area contributed by atoms with E-state index in [1.54, 1.807) is 0 Å². The van der Waals surface area contributed by atoms with Crippen molar-refractivity contribution < 1.29 is 18.1 Å². The Balaban J connectivity index is 1.98. The summed E-state index contributed by atoms with van der Waals surface area (Å²) in [6.07, 6.45) is 0. The van der Waals surface area contributed by atoms with Crippen LogP contribution in [0.4, 0.5) is 0 Å². The number of hydrogen-bond acceptors (Lipinski definition) is 4. The van der Waals surface area contributed by atoms with E-state index in [1.165, 1.54) is 0 Å². The Kier molecular flexibility index (Phi) is 1.46. The van der Waals surface area contributed by atoms with Crippen molar-refractivity contribution in [3.63, 3.8) is 0 Å². The second-order valence-electron chi connectivity index (χ2n) is 4.67. The topological polar surface area (TPSA) is 44.8 Å². The zero-order chi connectivity index (χ0) is 12.6. The summed E-state index contributed by atoms with van der Waals surface area (Å²) in [6.45, 7) is 0. The van der Waals surface area contributed by atoms with Gasteiger partial charge >= 0.3 is 7.82 Å². The molecule has 92 valence electrons. The van der Waals surface area contributed by atoms with E-state index in [-0.39, 0.29) is 0 Å². The molecule has 2 aliphatic heterocycles. The minimum Gasteiger partial charge on any atom is -0.382 e. The van der Waals surface area contributed by atoms with Crippen molar-refractivity contribution in [1.29, 1.82) is 0 Å². The van der Waals surface area contributed by atoms with Crippen LogP contribution in [0.5, 0.6) is 17.2 Å². The molecule has 3 aromatic carbocycles. The van der Waals surface area contributed by atoms with Gasteiger partial charge in [-0.3, -0.25) is 0 Å². The molecule has 0 fully saturated rings. The summed E-state index contributed by atoms with van der Waals surface area (Å²) in [5.74, 6) is 1.51. The molecule has 1 unspecified atom stereocenters. The summed E-state index contributed by atoms with van der Waals surface area (Å²) in [5, 5.41) is 4.14. The van der Waals surface area contributed by atoms with Crippen LogP contribution in [0.15, 0.2) is 42.5 Å². The van der Waals surface area contributed by atoms with Crippen LogP contribution in [-0.2, 0) is 4.57 Å². The molecule has 0 radical (unpaired) electrons. The first-order valence-electron chi connectivity index (χ1n) is 5.90. The first-order chi connectivity index (χ1) is 9.22. The first-order valence-corrected chi connectivity index (χ1v) is 7.36. The van der Waals surface area contributed by atoms with Gasteiger partial charge in [0.1, 0.15) is 0 Å². The largest absolute Gasteiger partial charge is 0.647 e. The van der Waals surface area contributed by atoms with Gasteiger partial charge in [-0.1, -0.05) is 24.3 Å². The monoisotopic (exact) mass is 270 g/mol. The summed E-state index contributed by atoms with van der Waals surface area (Å²) in [7, 11) is -3.41. The summed E-state index contributed by atoms with van der Waals surface area (Å²) >= 11 is 0. The molecule has 0 amide bonds. The highest BCUT2D eigenvalue weighted by Crippen LogP contribution is 2.70. The van der Waals surface area contributed by atoms with Crippen molar-refractivity contribution in [2.24, 2.45) is 0 Å². The van der Waals surface area contributed by atoms with E-state index in [4.69, 9.17) is 13.6 Å². The number of benzene rings is 3. The van der Waals surface area contributed by atoms with Crippen LogP contribution in [0.2, 0.25) is 0 Å². The van der Waals surface area contributed by atoms with E-state index in [0.717, 1.165) is 21.5 Å². The molecular formula is C14H7O4P. The number of fused-ring (bicyclic) bond motifs is 4. The lowest BCUT2D eigenvalue weighted by Crippen LogP contribution is -1.97. The van der Waals surface area contributed by atoms with Crippen LogP contribution in [0.25, 0.3) is 21.5 Å². The average molecular weight is 270 g/mol. The van der Waals surface area contributed by atoms with Crippen molar-refractivity contribution in [2.75, 3.05) is 0 Å². The van der Waals surface area contributed by atoms with Gasteiger partial charge in [0.05, 0.1) is 0 Å². The molecule has 0 aliphatic carbocycles. The van der Waals surface area contributed by atoms with E-state index < -0.39 is 7.82 Å².